The topological polar surface area (TPSA) is 77.6 Å². The second-order valence-electron chi connectivity index (χ2n) is 6.96. The highest BCUT2D eigenvalue weighted by Crippen LogP contribution is 2.22. The van der Waals surface area contributed by atoms with Crippen molar-refractivity contribution in [2.75, 3.05) is 11.9 Å². The number of carbonyl (C=O) groups is 1. The molecule has 0 bridgehead atoms. The summed E-state index contributed by atoms with van der Waals surface area (Å²) >= 11 is 0. The van der Waals surface area contributed by atoms with Gasteiger partial charge in [-0.25, -0.2) is 4.52 Å². The molecule has 0 spiro atoms. The minimum absolute atomic E-state index is 0.0766. The zero-order chi connectivity index (χ0) is 21.1. The Balaban J connectivity index is 1.55. The monoisotopic (exact) mass is 402 g/mol. The molecule has 0 atom stereocenters. The van der Waals surface area contributed by atoms with Gasteiger partial charge in [0, 0.05) is 23.6 Å². The first kappa shape index (κ1) is 19.4. The summed E-state index contributed by atoms with van der Waals surface area (Å²) in [5, 5.41) is 7.28. The number of hydrogen-bond donors (Lipinski definition) is 1. The van der Waals surface area contributed by atoms with Gasteiger partial charge in [-0.1, -0.05) is 17.7 Å². The number of aromatic nitrogens is 3. The van der Waals surface area contributed by atoms with Crippen molar-refractivity contribution < 1.29 is 9.53 Å². The van der Waals surface area contributed by atoms with E-state index in [-0.39, 0.29) is 18.0 Å². The summed E-state index contributed by atoms with van der Waals surface area (Å²) in [6.07, 6.45) is 3.24. The van der Waals surface area contributed by atoms with E-state index in [1.807, 2.05) is 62.4 Å². The largest absolute Gasteiger partial charge is 0.494 e. The van der Waals surface area contributed by atoms with Crippen molar-refractivity contribution >= 4 is 17.1 Å². The second kappa shape index (κ2) is 8.24. The van der Waals surface area contributed by atoms with E-state index in [0.29, 0.717) is 23.5 Å². The van der Waals surface area contributed by atoms with Gasteiger partial charge in [-0.2, -0.15) is 5.10 Å². The molecular formula is C23H22N4O3. The van der Waals surface area contributed by atoms with Crippen molar-refractivity contribution in [3.63, 3.8) is 0 Å². The molecule has 0 saturated heterocycles. The van der Waals surface area contributed by atoms with Crippen molar-refractivity contribution in [3.8, 4) is 17.0 Å². The van der Waals surface area contributed by atoms with Gasteiger partial charge in [0.05, 0.1) is 12.3 Å². The van der Waals surface area contributed by atoms with Gasteiger partial charge < -0.3 is 14.6 Å². The van der Waals surface area contributed by atoms with Gasteiger partial charge >= 0.3 is 0 Å². The van der Waals surface area contributed by atoms with E-state index in [0.717, 1.165) is 16.9 Å². The summed E-state index contributed by atoms with van der Waals surface area (Å²) in [4.78, 5) is 25.2. The molecule has 2 aromatic carbocycles. The van der Waals surface area contributed by atoms with E-state index in [9.17, 15) is 9.59 Å². The molecule has 0 radical (unpaired) electrons. The number of nitrogens with one attached hydrogen (secondary N) is 1. The highest BCUT2D eigenvalue weighted by Gasteiger charge is 2.11. The van der Waals surface area contributed by atoms with Crippen LogP contribution in [0, 0.1) is 6.92 Å². The highest BCUT2D eigenvalue weighted by molar-refractivity contribution is 5.90. The normalized spacial score (nSPS) is 10.9. The lowest BCUT2D eigenvalue weighted by Crippen LogP contribution is -2.28. The fourth-order valence-corrected chi connectivity index (χ4v) is 3.17. The Morgan fingerprint density at radius 3 is 2.50 bits per heavy atom. The molecule has 152 valence electrons. The van der Waals surface area contributed by atoms with E-state index in [1.54, 1.807) is 18.5 Å². The summed E-state index contributed by atoms with van der Waals surface area (Å²) in [7, 11) is 0. The predicted octanol–water partition coefficient (Wildman–Crippen LogP) is 3.51. The minimum atomic E-state index is -0.277. The lowest BCUT2D eigenvalue weighted by atomic mass is 10.1. The fraction of sp³-hybridized carbons (Fsp3) is 0.174. The number of nitrogens with zero attached hydrogens (tertiary/aromatic N) is 3. The van der Waals surface area contributed by atoms with Crippen LogP contribution in [0.5, 0.6) is 5.75 Å². The molecule has 4 aromatic rings. The summed E-state index contributed by atoms with van der Waals surface area (Å²) < 4.78 is 8.37. The van der Waals surface area contributed by atoms with Crippen molar-refractivity contribution in [2.45, 2.75) is 20.4 Å². The molecule has 1 N–H and O–H groups in total. The molecule has 0 fully saturated rings. The van der Waals surface area contributed by atoms with E-state index in [4.69, 9.17) is 4.74 Å². The number of rotatable bonds is 6. The van der Waals surface area contributed by atoms with E-state index in [1.165, 1.54) is 9.08 Å². The van der Waals surface area contributed by atoms with E-state index in [2.05, 4.69) is 10.4 Å². The van der Waals surface area contributed by atoms with Gasteiger partial charge in [-0.15, -0.1) is 0 Å². The number of fused-ring (bicyclic) bond motifs is 1. The third-order valence-corrected chi connectivity index (χ3v) is 4.71. The maximum atomic E-state index is 12.8. The Bertz CT molecular complexity index is 1240. The molecule has 0 saturated carbocycles. The Kier molecular flexibility index (Phi) is 5.34. The summed E-state index contributed by atoms with van der Waals surface area (Å²) in [6.45, 7) is 4.44. The number of aryl methyl sites for hydroxylation is 1. The highest BCUT2D eigenvalue weighted by atomic mass is 16.5. The van der Waals surface area contributed by atoms with Crippen molar-refractivity contribution in [1.29, 1.82) is 0 Å². The average Bonchev–Trinajstić information content (AvgIpc) is 3.18. The van der Waals surface area contributed by atoms with Crippen LogP contribution >= 0.6 is 0 Å². The van der Waals surface area contributed by atoms with Crippen LogP contribution < -0.4 is 15.6 Å². The first-order valence-electron chi connectivity index (χ1n) is 9.72. The number of carbonyl (C=O) groups excluding carboxylic acids is 1. The van der Waals surface area contributed by atoms with Gasteiger partial charge in [-0.05, 0) is 56.3 Å². The maximum Gasteiger partial charge on any atom is 0.277 e. The van der Waals surface area contributed by atoms with Crippen molar-refractivity contribution in [1.82, 2.24) is 14.2 Å². The maximum absolute atomic E-state index is 12.8. The van der Waals surface area contributed by atoms with E-state index >= 15 is 0 Å². The number of ether oxygens (including phenoxy) is 1. The fourth-order valence-electron chi connectivity index (χ4n) is 3.17. The third-order valence-electron chi connectivity index (χ3n) is 4.71. The molecule has 0 aliphatic carbocycles. The third kappa shape index (κ3) is 4.10. The molecule has 0 unspecified atom stereocenters. The number of anilines is 1. The molecule has 2 aromatic heterocycles. The van der Waals surface area contributed by atoms with Crippen LogP contribution in [0.15, 0.2) is 71.8 Å². The van der Waals surface area contributed by atoms with Gasteiger partial charge in [0.25, 0.3) is 5.56 Å². The summed E-state index contributed by atoms with van der Waals surface area (Å²) in [5.41, 5.74) is 3.49. The first-order valence-corrected chi connectivity index (χ1v) is 9.72. The van der Waals surface area contributed by atoms with Gasteiger partial charge in [0.2, 0.25) is 5.91 Å². The Hall–Kier alpha value is -3.87. The SMILES string of the molecule is CCOc1ccc(-c2cc3c(=O)n(CC(=O)Nc4ccc(C)cc4)ccn3n2)cc1. The molecule has 2 heterocycles. The van der Waals surface area contributed by atoms with Gasteiger partial charge in [0.15, 0.2) is 0 Å². The molecule has 7 heteroatoms. The quantitative estimate of drug-likeness (QED) is 0.535. The van der Waals surface area contributed by atoms with Crippen LogP contribution in [-0.4, -0.2) is 26.7 Å². The Morgan fingerprint density at radius 1 is 1.07 bits per heavy atom. The summed E-state index contributed by atoms with van der Waals surface area (Å²) in [6, 6.07) is 16.8. The molecule has 0 aliphatic rings. The minimum Gasteiger partial charge on any atom is -0.494 e. The van der Waals surface area contributed by atoms with Crippen molar-refractivity contribution in [3.05, 3.63) is 82.9 Å². The van der Waals surface area contributed by atoms with Crippen LogP contribution in [0.4, 0.5) is 5.69 Å². The van der Waals surface area contributed by atoms with Gasteiger partial charge in [0.1, 0.15) is 17.8 Å². The van der Waals surface area contributed by atoms with Crippen LogP contribution in [-0.2, 0) is 11.3 Å². The number of amides is 1. The molecule has 4 rings (SSSR count). The Labute approximate surface area is 173 Å². The first-order chi connectivity index (χ1) is 14.5. The summed E-state index contributed by atoms with van der Waals surface area (Å²) in [5.74, 6) is 0.517. The van der Waals surface area contributed by atoms with Crippen LogP contribution in [0.3, 0.4) is 0 Å². The van der Waals surface area contributed by atoms with E-state index < -0.39 is 0 Å². The van der Waals surface area contributed by atoms with Crippen LogP contribution in [0.25, 0.3) is 16.8 Å². The van der Waals surface area contributed by atoms with Crippen LogP contribution in [0.2, 0.25) is 0 Å². The molecule has 0 aliphatic heterocycles. The molecule has 7 nitrogen and oxygen atoms in total. The zero-order valence-corrected chi connectivity index (χ0v) is 16.8. The van der Waals surface area contributed by atoms with Gasteiger partial charge in [-0.3, -0.25) is 9.59 Å². The lowest BCUT2D eigenvalue weighted by molar-refractivity contribution is -0.116. The standard InChI is InChI=1S/C23H22N4O3/c1-3-30-19-10-6-17(7-11-19)20-14-21-23(29)26(12-13-27(21)25-20)15-22(28)24-18-8-4-16(2)5-9-18/h4-14H,3,15H2,1-2H3,(H,24,28). The van der Waals surface area contributed by atoms with Crippen molar-refractivity contribution in [2.24, 2.45) is 0 Å². The molecule has 30 heavy (non-hydrogen) atoms. The smallest absolute Gasteiger partial charge is 0.277 e. The molecular weight excluding hydrogens is 380 g/mol. The number of benzene rings is 2. The van der Waals surface area contributed by atoms with Crippen LogP contribution in [0.1, 0.15) is 12.5 Å². The predicted molar refractivity (Wildman–Crippen MR) is 116 cm³/mol. The lowest BCUT2D eigenvalue weighted by Gasteiger charge is -2.08. The molecule has 1 amide bonds. The second-order valence-corrected chi connectivity index (χ2v) is 6.96. The average molecular weight is 402 g/mol. The number of hydrogen-bond acceptors (Lipinski definition) is 4. The Morgan fingerprint density at radius 2 is 1.80 bits per heavy atom. The zero-order valence-electron chi connectivity index (χ0n) is 16.8.